The molecule has 2 amide bonds. The number of carbonyl (C=O) groups excluding carboxylic acids is 2. The summed E-state index contributed by atoms with van der Waals surface area (Å²) in [7, 11) is 0. The van der Waals surface area contributed by atoms with Crippen LogP contribution in [0.15, 0.2) is 0 Å². The average Bonchev–Trinajstić information content (AvgIpc) is 2.88. The molecule has 1 aliphatic rings. The molecule has 1 aromatic heterocycles. The molecule has 2 heterocycles. The van der Waals surface area contributed by atoms with Crippen molar-refractivity contribution in [2.75, 3.05) is 13.1 Å². The molecule has 0 bridgehead atoms. The highest BCUT2D eigenvalue weighted by Gasteiger charge is 2.36. The Hall–Kier alpha value is -2.03. The zero-order chi connectivity index (χ0) is 15.4. The standard InChI is InChI=1S/C12H16N4O4S/c1-2-3-7-10(21-15-14-7)12(20)16-5-4-13-11(19)8(16)6-9(17)18/h8H,2-6H2,1H3,(H,13,19)(H,17,18). The van der Waals surface area contributed by atoms with Crippen molar-refractivity contribution in [2.45, 2.75) is 32.2 Å². The van der Waals surface area contributed by atoms with Crippen LogP contribution in [0.2, 0.25) is 0 Å². The van der Waals surface area contributed by atoms with Crippen molar-refractivity contribution in [3.63, 3.8) is 0 Å². The van der Waals surface area contributed by atoms with E-state index in [4.69, 9.17) is 5.11 Å². The number of rotatable bonds is 5. The van der Waals surface area contributed by atoms with Crippen molar-refractivity contribution in [3.8, 4) is 0 Å². The van der Waals surface area contributed by atoms with E-state index in [1.807, 2.05) is 6.92 Å². The van der Waals surface area contributed by atoms with Gasteiger partial charge in [0.05, 0.1) is 12.1 Å². The van der Waals surface area contributed by atoms with Crippen LogP contribution in [0, 0.1) is 0 Å². The van der Waals surface area contributed by atoms with E-state index in [1.165, 1.54) is 4.90 Å². The van der Waals surface area contributed by atoms with Gasteiger partial charge in [0.1, 0.15) is 10.9 Å². The highest BCUT2D eigenvalue weighted by atomic mass is 32.1. The van der Waals surface area contributed by atoms with Crippen LogP contribution in [-0.2, 0) is 16.0 Å². The van der Waals surface area contributed by atoms with E-state index < -0.39 is 24.3 Å². The lowest BCUT2D eigenvalue weighted by Crippen LogP contribution is -2.57. The van der Waals surface area contributed by atoms with Crippen molar-refractivity contribution in [1.29, 1.82) is 0 Å². The molecule has 1 aromatic rings. The quantitative estimate of drug-likeness (QED) is 0.785. The Bertz CT molecular complexity index is 559. The van der Waals surface area contributed by atoms with E-state index in [0.717, 1.165) is 18.0 Å². The fraction of sp³-hybridized carbons (Fsp3) is 0.583. The van der Waals surface area contributed by atoms with Crippen molar-refractivity contribution in [1.82, 2.24) is 19.8 Å². The van der Waals surface area contributed by atoms with Gasteiger partial charge < -0.3 is 15.3 Å². The number of aliphatic carboxylic acids is 1. The van der Waals surface area contributed by atoms with Crippen LogP contribution in [0.1, 0.15) is 35.1 Å². The maximum absolute atomic E-state index is 12.6. The molecule has 2 rings (SSSR count). The lowest BCUT2D eigenvalue weighted by Gasteiger charge is -2.33. The first-order valence-corrected chi connectivity index (χ1v) is 7.43. The number of nitrogens with zero attached hydrogens (tertiary/aromatic N) is 3. The molecular weight excluding hydrogens is 296 g/mol. The lowest BCUT2D eigenvalue weighted by atomic mass is 10.1. The van der Waals surface area contributed by atoms with E-state index >= 15 is 0 Å². The molecule has 1 saturated heterocycles. The number of nitrogens with one attached hydrogen (secondary N) is 1. The predicted molar refractivity (Wildman–Crippen MR) is 74.0 cm³/mol. The fourth-order valence-electron chi connectivity index (χ4n) is 2.23. The SMILES string of the molecule is CCCc1nnsc1C(=O)N1CCNC(=O)C1CC(=O)O. The molecule has 114 valence electrons. The Labute approximate surface area is 125 Å². The smallest absolute Gasteiger partial charge is 0.305 e. The minimum absolute atomic E-state index is 0.284. The number of amides is 2. The van der Waals surface area contributed by atoms with Crippen LogP contribution in [-0.4, -0.2) is 56.5 Å². The van der Waals surface area contributed by atoms with Gasteiger partial charge in [-0.2, -0.15) is 0 Å². The molecule has 1 fully saturated rings. The molecule has 0 saturated carbocycles. The van der Waals surface area contributed by atoms with Crippen molar-refractivity contribution in [3.05, 3.63) is 10.6 Å². The van der Waals surface area contributed by atoms with Gasteiger partial charge in [0, 0.05) is 13.1 Å². The van der Waals surface area contributed by atoms with Gasteiger partial charge in [0.2, 0.25) is 5.91 Å². The van der Waals surface area contributed by atoms with Gasteiger partial charge in [-0.15, -0.1) is 5.10 Å². The molecule has 21 heavy (non-hydrogen) atoms. The molecule has 1 atom stereocenters. The summed E-state index contributed by atoms with van der Waals surface area (Å²) in [4.78, 5) is 37.0. The minimum atomic E-state index is -1.12. The summed E-state index contributed by atoms with van der Waals surface area (Å²) in [5, 5.41) is 15.4. The molecule has 0 aromatic carbocycles. The highest BCUT2D eigenvalue weighted by molar-refractivity contribution is 7.08. The third-order valence-corrected chi connectivity index (χ3v) is 3.95. The van der Waals surface area contributed by atoms with Gasteiger partial charge in [0.25, 0.3) is 5.91 Å². The lowest BCUT2D eigenvalue weighted by molar-refractivity contribution is -0.142. The van der Waals surface area contributed by atoms with E-state index in [-0.39, 0.29) is 12.5 Å². The van der Waals surface area contributed by atoms with Crippen LogP contribution < -0.4 is 5.32 Å². The van der Waals surface area contributed by atoms with Crippen molar-refractivity contribution in [2.24, 2.45) is 0 Å². The van der Waals surface area contributed by atoms with Gasteiger partial charge in [-0.1, -0.05) is 17.8 Å². The number of hydrogen-bond donors (Lipinski definition) is 2. The first-order valence-electron chi connectivity index (χ1n) is 6.66. The van der Waals surface area contributed by atoms with Gasteiger partial charge in [0.15, 0.2) is 0 Å². The monoisotopic (exact) mass is 312 g/mol. The second-order valence-corrected chi connectivity index (χ2v) is 5.46. The summed E-state index contributed by atoms with van der Waals surface area (Å²) in [5.74, 6) is -1.92. The van der Waals surface area contributed by atoms with E-state index in [1.54, 1.807) is 0 Å². The Morgan fingerprint density at radius 1 is 1.52 bits per heavy atom. The van der Waals surface area contributed by atoms with Gasteiger partial charge in [-0.25, -0.2) is 0 Å². The number of carboxylic acid groups (broad SMARTS) is 1. The highest BCUT2D eigenvalue weighted by Crippen LogP contribution is 2.19. The van der Waals surface area contributed by atoms with E-state index in [0.29, 0.717) is 23.5 Å². The maximum atomic E-state index is 12.6. The average molecular weight is 312 g/mol. The van der Waals surface area contributed by atoms with Crippen LogP contribution in [0.3, 0.4) is 0 Å². The largest absolute Gasteiger partial charge is 0.481 e. The molecule has 8 nitrogen and oxygen atoms in total. The van der Waals surface area contributed by atoms with E-state index in [9.17, 15) is 14.4 Å². The predicted octanol–water partition coefficient (Wildman–Crippen LogP) is -0.0941. The number of hydrogen-bond acceptors (Lipinski definition) is 6. The topological polar surface area (TPSA) is 112 Å². The van der Waals surface area contributed by atoms with E-state index in [2.05, 4.69) is 14.9 Å². The first kappa shape index (κ1) is 15.4. The van der Waals surface area contributed by atoms with Gasteiger partial charge in [-0.3, -0.25) is 14.4 Å². The molecule has 0 spiro atoms. The van der Waals surface area contributed by atoms with Crippen LogP contribution in [0.5, 0.6) is 0 Å². The third kappa shape index (κ3) is 3.35. The number of aromatic nitrogens is 2. The summed E-state index contributed by atoms with van der Waals surface area (Å²) in [6.07, 6.45) is 1.04. The Balaban J connectivity index is 2.24. The number of piperazine rings is 1. The van der Waals surface area contributed by atoms with Crippen LogP contribution in [0.25, 0.3) is 0 Å². The maximum Gasteiger partial charge on any atom is 0.305 e. The molecule has 2 N–H and O–H groups in total. The molecule has 0 aliphatic carbocycles. The summed E-state index contributed by atoms with van der Waals surface area (Å²) in [5.41, 5.74) is 0.604. The summed E-state index contributed by atoms with van der Waals surface area (Å²) >= 11 is 0.982. The van der Waals surface area contributed by atoms with Crippen LogP contribution >= 0.6 is 11.5 Å². The first-order chi connectivity index (χ1) is 10.0. The Kier molecular flexibility index (Phi) is 4.84. The molecule has 1 unspecified atom stereocenters. The number of carboxylic acids is 1. The van der Waals surface area contributed by atoms with Gasteiger partial charge in [-0.05, 0) is 18.0 Å². The van der Waals surface area contributed by atoms with Crippen molar-refractivity contribution >= 4 is 29.3 Å². The minimum Gasteiger partial charge on any atom is -0.481 e. The number of aryl methyl sites for hydroxylation is 1. The Morgan fingerprint density at radius 3 is 2.95 bits per heavy atom. The number of carbonyl (C=O) groups is 3. The summed E-state index contributed by atoms with van der Waals surface area (Å²) in [6, 6.07) is -0.986. The second-order valence-electron chi connectivity index (χ2n) is 4.70. The molecule has 1 aliphatic heterocycles. The van der Waals surface area contributed by atoms with Crippen molar-refractivity contribution < 1.29 is 19.5 Å². The zero-order valence-corrected chi connectivity index (χ0v) is 12.4. The summed E-state index contributed by atoms with van der Waals surface area (Å²) < 4.78 is 3.79. The molecule has 0 radical (unpaired) electrons. The third-order valence-electron chi connectivity index (χ3n) is 3.20. The molecule has 9 heteroatoms. The van der Waals surface area contributed by atoms with Crippen LogP contribution in [0.4, 0.5) is 0 Å². The zero-order valence-electron chi connectivity index (χ0n) is 11.5. The summed E-state index contributed by atoms with van der Waals surface area (Å²) in [6.45, 7) is 2.57. The second kappa shape index (κ2) is 6.61. The normalized spacial score (nSPS) is 18.4. The molecular formula is C12H16N4O4S. The van der Waals surface area contributed by atoms with Gasteiger partial charge >= 0.3 is 5.97 Å². The Morgan fingerprint density at radius 2 is 2.29 bits per heavy atom. The fourth-order valence-corrected chi connectivity index (χ4v) is 2.89.